The van der Waals surface area contributed by atoms with Gasteiger partial charge in [0.2, 0.25) is 0 Å². The maximum absolute atomic E-state index is 11.5. The summed E-state index contributed by atoms with van der Waals surface area (Å²) >= 11 is 3.38. The highest BCUT2D eigenvalue weighted by Crippen LogP contribution is 2.25. The molecule has 0 N–H and O–H groups in total. The number of halogens is 1. The van der Waals surface area contributed by atoms with Crippen molar-refractivity contribution < 1.29 is 9.53 Å². The van der Waals surface area contributed by atoms with Gasteiger partial charge in [-0.15, -0.1) is 0 Å². The molecule has 0 aliphatic heterocycles. The SMILES string of the molecule is CC(=O)c1ccc(Br)cc1OCc1cc(C)nn1C. The molecular formula is C14H15BrN2O2. The van der Waals surface area contributed by atoms with Crippen LogP contribution in [0.2, 0.25) is 0 Å². The molecule has 100 valence electrons. The lowest BCUT2D eigenvalue weighted by molar-refractivity contribution is 0.101. The number of aryl methyl sites for hydroxylation is 2. The highest BCUT2D eigenvalue weighted by Gasteiger charge is 2.10. The Bertz CT molecular complexity index is 620. The van der Waals surface area contributed by atoms with Crippen LogP contribution in [0.5, 0.6) is 5.75 Å². The molecular weight excluding hydrogens is 308 g/mol. The number of ketones is 1. The van der Waals surface area contributed by atoms with Crippen molar-refractivity contribution in [2.45, 2.75) is 20.5 Å². The minimum Gasteiger partial charge on any atom is -0.487 e. The van der Waals surface area contributed by atoms with Gasteiger partial charge in [0, 0.05) is 11.5 Å². The topological polar surface area (TPSA) is 44.1 Å². The summed E-state index contributed by atoms with van der Waals surface area (Å²) in [6, 6.07) is 7.36. The van der Waals surface area contributed by atoms with Crippen molar-refractivity contribution in [3.63, 3.8) is 0 Å². The van der Waals surface area contributed by atoms with E-state index in [0.29, 0.717) is 17.9 Å². The number of hydrogen-bond acceptors (Lipinski definition) is 3. The molecule has 0 amide bonds. The molecule has 0 saturated heterocycles. The second kappa shape index (κ2) is 5.57. The summed E-state index contributed by atoms with van der Waals surface area (Å²) in [4.78, 5) is 11.5. The molecule has 0 aliphatic carbocycles. The average Bonchev–Trinajstić information content (AvgIpc) is 2.65. The molecule has 0 fully saturated rings. The van der Waals surface area contributed by atoms with E-state index in [-0.39, 0.29) is 5.78 Å². The normalized spacial score (nSPS) is 10.5. The molecule has 2 aromatic rings. The summed E-state index contributed by atoms with van der Waals surface area (Å²) in [6.07, 6.45) is 0. The first-order chi connectivity index (χ1) is 8.97. The van der Waals surface area contributed by atoms with Crippen LogP contribution in [0.4, 0.5) is 0 Å². The van der Waals surface area contributed by atoms with Crippen molar-refractivity contribution >= 4 is 21.7 Å². The number of nitrogens with zero attached hydrogens (tertiary/aromatic N) is 2. The minimum absolute atomic E-state index is 0.0105. The number of ether oxygens (including phenoxy) is 1. The average molecular weight is 323 g/mol. The van der Waals surface area contributed by atoms with Crippen LogP contribution in [0.15, 0.2) is 28.7 Å². The maximum atomic E-state index is 11.5. The van der Waals surface area contributed by atoms with Crippen molar-refractivity contribution in [2.24, 2.45) is 7.05 Å². The molecule has 5 heteroatoms. The van der Waals surface area contributed by atoms with E-state index >= 15 is 0 Å². The lowest BCUT2D eigenvalue weighted by Crippen LogP contribution is -2.05. The van der Waals surface area contributed by atoms with E-state index in [2.05, 4.69) is 21.0 Å². The zero-order valence-corrected chi connectivity index (χ0v) is 12.7. The molecule has 1 aromatic carbocycles. The van der Waals surface area contributed by atoms with Gasteiger partial charge in [-0.1, -0.05) is 15.9 Å². The summed E-state index contributed by atoms with van der Waals surface area (Å²) < 4.78 is 8.41. The monoisotopic (exact) mass is 322 g/mol. The van der Waals surface area contributed by atoms with Crippen molar-refractivity contribution in [1.82, 2.24) is 9.78 Å². The molecule has 1 heterocycles. The van der Waals surface area contributed by atoms with Gasteiger partial charge < -0.3 is 4.74 Å². The number of aromatic nitrogens is 2. The van der Waals surface area contributed by atoms with E-state index < -0.39 is 0 Å². The van der Waals surface area contributed by atoms with Gasteiger partial charge in [-0.05, 0) is 38.1 Å². The van der Waals surface area contributed by atoms with Crippen molar-refractivity contribution in [1.29, 1.82) is 0 Å². The quantitative estimate of drug-likeness (QED) is 0.811. The Morgan fingerprint density at radius 1 is 1.42 bits per heavy atom. The Morgan fingerprint density at radius 3 is 2.74 bits per heavy atom. The predicted octanol–water partition coefficient (Wildman–Crippen LogP) is 3.27. The van der Waals surface area contributed by atoms with Gasteiger partial charge in [0.05, 0.1) is 17.0 Å². The number of carbonyl (C=O) groups excluding carboxylic acids is 1. The molecule has 0 aliphatic rings. The fourth-order valence-electron chi connectivity index (χ4n) is 1.86. The van der Waals surface area contributed by atoms with Gasteiger partial charge in [0.1, 0.15) is 12.4 Å². The smallest absolute Gasteiger partial charge is 0.163 e. The van der Waals surface area contributed by atoms with Gasteiger partial charge in [0.25, 0.3) is 0 Å². The first-order valence-corrected chi connectivity index (χ1v) is 6.69. The Kier molecular flexibility index (Phi) is 4.04. The van der Waals surface area contributed by atoms with Crippen LogP contribution in [0.25, 0.3) is 0 Å². The van der Waals surface area contributed by atoms with Gasteiger partial charge >= 0.3 is 0 Å². The third kappa shape index (κ3) is 3.23. The van der Waals surface area contributed by atoms with E-state index in [9.17, 15) is 4.79 Å². The van der Waals surface area contributed by atoms with E-state index in [1.165, 1.54) is 6.92 Å². The van der Waals surface area contributed by atoms with Gasteiger partial charge in [-0.2, -0.15) is 5.10 Å². The summed E-state index contributed by atoms with van der Waals surface area (Å²) in [7, 11) is 1.87. The van der Waals surface area contributed by atoms with Gasteiger partial charge in [-0.25, -0.2) is 0 Å². The molecule has 19 heavy (non-hydrogen) atoms. The Labute approximate surface area is 120 Å². The van der Waals surface area contributed by atoms with Crippen LogP contribution in [-0.4, -0.2) is 15.6 Å². The summed E-state index contributed by atoms with van der Waals surface area (Å²) in [5.74, 6) is 0.574. The number of carbonyl (C=O) groups is 1. The Hall–Kier alpha value is -1.62. The Morgan fingerprint density at radius 2 is 2.16 bits per heavy atom. The summed E-state index contributed by atoms with van der Waals surface area (Å²) in [5, 5.41) is 4.26. The van der Waals surface area contributed by atoms with Crippen LogP contribution in [0.1, 0.15) is 28.7 Å². The third-order valence-electron chi connectivity index (χ3n) is 2.80. The molecule has 0 spiro atoms. The van der Waals surface area contributed by atoms with Crippen LogP contribution in [0.3, 0.4) is 0 Å². The van der Waals surface area contributed by atoms with Crippen molar-refractivity contribution in [3.05, 3.63) is 45.7 Å². The standard InChI is InChI=1S/C14H15BrN2O2/c1-9-6-12(17(3)16-9)8-19-14-7-11(15)4-5-13(14)10(2)18/h4-7H,8H2,1-3H3. The van der Waals surface area contributed by atoms with Crippen LogP contribution in [0, 0.1) is 6.92 Å². The minimum atomic E-state index is -0.0105. The van der Waals surface area contributed by atoms with E-state index in [1.807, 2.05) is 26.1 Å². The van der Waals surface area contributed by atoms with Crippen molar-refractivity contribution in [2.75, 3.05) is 0 Å². The molecule has 4 nitrogen and oxygen atoms in total. The lowest BCUT2D eigenvalue weighted by Gasteiger charge is -2.10. The molecule has 2 rings (SSSR count). The predicted molar refractivity (Wildman–Crippen MR) is 76.4 cm³/mol. The molecule has 1 aromatic heterocycles. The molecule has 0 bridgehead atoms. The first kappa shape index (κ1) is 13.8. The van der Waals surface area contributed by atoms with E-state index in [0.717, 1.165) is 15.9 Å². The molecule has 0 radical (unpaired) electrons. The van der Waals surface area contributed by atoms with E-state index in [4.69, 9.17) is 4.74 Å². The van der Waals surface area contributed by atoms with Crippen LogP contribution in [-0.2, 0) is 13.7 Å². The number of rotatable bonds is 4. The van der Waals surface area contributed by atoms with Crippen molar-refractivity contribution in [3.8, 4) is 5.75 Å². The lowest BCUT2D eigenvalue weighted by atomic mass is 10.1. The third-order valence-corrected chi connectivity index (χ3v) is 3.29. The summed E-state index contributed by atoms with van der Waals surface area (Å²) in [6.45, 7) is 3.85. The second-order valence-electron chi connectivity index (χ2n) is 4.39. The van der Waals surface area contributed by atoms with Crippen LogP contribution >= 0.6 is 15.9 Å². The number of Topliss-reactive ketones (excluding diaryl/α,β-unsaturated/α-hetero) is 1. The highest BCUT2D eigenvalue weighted by atomic mass is 79.9. The van der Waals surface area contributed by atoms with E-state index in [1.54, 1.807) is 16.8 Å². The number of benzene rings is 1. The second-order valence-corrected chi connectivity index (χ2v) is 5.30. The van der Waals surface area contributed by atoms with Gasteiger partial charge in [-0.3, -0.25) is 9.48 Å². The maximum Gasteiger partial charge on any atom is 0.163 e. The zero-order chi connectivity index (χ0) is 14.0. The Balaban J connectivity index is 2.21. The van der Waals surface area contributed by atoms with Crippen LogP contribution < -0.4 is 4.74 Å². The molecule has 0 unspecified atom stereocenters. The molecule has 0 atom stereocenters. The fourth-order valence-corrected chi connectivity index (χ4v) is 2.20. The first-order valence-electron chi connectivity index (χ1n) is 5.90. The number of hydrogen-bond donors (Lipinski definition) is 0. The molecule has 0 saturated carbocycles. The fraction of sp³-hybridized carbons (Fsp3) is 0.286. The zero-order valence-electron chi connectivity index (χ0n) is 11.1. The summed E-state index contributed by atoms with van der Waals surface area (Å²) in [5.41, 5.74) is 2.50. The largest absolute Gasteiger partial charge is 0.487 e. The van der Waals surface area contributed by atoms with Gasteiger partial charge in [0.15, 0.2) is 5.78 Å². The highest BCUT2D eigenvalue weighted by molar-refractivity contribution is 9.10.